The first-order valence-electron chi connectivity index (χ1n) is 6.42. The number of anilines is 1. The number of ether oxygens (including phenoxy) is 1. The molecule has 0 aromatic heterocycles. The summed E-state index contributed by atoms with van der Waals surface area (Å²) in [7, 11) is 0. The number of carbonyl (C=O) groups excluding carboxylic acids is 1. The highest BCUT2D eigenvalue weighted by molar-refractivity contribution is 5.94. The van der Waals surface area contributed by atoms with Gasteiger partial charge in [-0.05, 0) is 19.1 Å². The van der Waals surface area contributed by atoms with Crippen LogP contribution in [-0.4, -0.2) is 36.5 Å². The topological polar surface area (TPSA) is 72.7 Å². The fourth-order valence-corrected chi connectivity index (χ4v) is 2.21. The summed E-state index contributed by atoms with van der Waals surface area (Å²) in [6.07, 6.45) is -0.291. The van der Waals surface area contributed by atoms with E-state index in [1.54, 1.807) is 6.92 Å². The van der Waals surface area contributed by atoms with Crippen LogP contribution in [0, 0.1) is 10.1 Å². The minimum absolute atomic E-state index is 0.0933. The van der Waals surface area contributed by atoms with Crippen LogP contribution in [0.1, 0.15) is 23.7 Å². The monoisotopic (exact) mass is 300 g/mol. The average Bonchev–Trinajstić information content (AvgIpc) is 2.78. The first-order chi connectivity index (χ1) is 9.84. The zero-order valence-electron chi connectivity index (χ0n) is 11.3. The van der Waals surface area contributed by atoms with Crippen LogP contribution in [0.2, 0.25) is 0 Å². The SMILES string of the molecule is CCOC(=O)c1ccc(N2CCC(F)(F)C2)cc1[N+](=O)[O-]. The van der Waals surface area contributed by atoms with Crippen LogP contribution in [0.5, 0.6) is 0 Å². The molecule has 1 heterocycles. The number of hydrogen-bond acceptors (Lipinski definition) is 5. The van der Waals surface area contributed by atoms with Crippen molar-refractivity contribution in [1.82, 2.24) is 0 Å². The number of rotatable bonds is 4. The summed E-state index contributed by atoms with van der Waals surface area (Å²) in [4.78, 5) is 23.3. The Balaban J connectivity index is 2.33. The molecule has 0 unspecified atom stereocenters. The molecule has 0 amide bonds. The van der Waals surface area contributed by atoms with Gasteiger partial charge >= 0.3 is 5.97 Å². The fourth-order valence-electron chi connectivity index (χ4n) is 2.21. The highest BCUT2D eigenvalue weighted by Crippen LogP contribution is 2.33. The fraction of sp³-hybridized carbons (Fsp3) is 0.462. The Labute approximate surface area is 119 Å². The maximum atomic E-state index is 13.2. The molecule has 0 N–H and O–H groups in total. The van der Waals surface area contributed by atoms with Crippen molar-refractivity contribution in [3.63, 3.8) is 0 Å². The minimum Gasteiger partial charge on any atom is -0.462 e. The lowest BCUT2D eigenvalue weighted by Gasteiger charge is -2.18. The molecule has 1 aromatic rings. The quantitative estimate of drug-likeness (QED) is 0.485. The van der Waals surface area contributed by atoms with Crippen LogP contribution in [0.4, 0.5) is 20.2 Å². The second-order valence-electron chi connectivity index (χ2n) is 4.71. The van der Waals surface area contributed by atoms with Crippen LogP contribution in [0.15, 0.2) is 18.2 Å². The molecule has 1 saturated heterocycles. The van der Waals surface area contributed by atoms with Crippen molar-refractivity contribution in [3.8, 4) is 0 Å². The van der Waals surface area contributed by atoms with Crippen molar-refractivity contribution in [2.75, 3.05) is 24.6 Å². The lowest BCUT2D eigenvalue weighted by Crippen LogP contribution is -2.25. The third-order valence-corrected chi connectivity index (χ3v) is 3.21. The molecule has 1 aliphatic heterocycles. The number of hydrogen-bond donors (Lipinski definition) is 0. The van der Waals surface area contributed by atoms with Crippen molar-refractivity contribution in [2.24, 2.45) is 0 Å². The summed E-state index contributed by atoms with van der Waals surface area (Å²) in [5.41, 5.74) is -0.329. The molecule has 0 spiro atoms. The van der Waals surface area contributed by atoms with E-state index in [0.717, 1.165) is 6.07 Å². The van der Waals surface area contributed by atoms with Gasteiger partial charge in [0.1, 0.15) is 5.56 Å². The molecule has 0 atom stereocenters. The van der Waals surface area contributed by atoms with E-state index in [2.05, 4.69) is 0 Å². The molecule has 21 heavy (non-hydrogen) atoms. The number of nitro benzene ring substituents is 1. The largest absolute Gasteiger partial charge is 0.462 e. The summed E-state index contributed by atoms with van der Waals surface area (Å²) < 4.78 is 31.1. The van der Waals surface area contributed by atoms with Crippen LogP contribution in [0.3, 0.4) is 0 Å². The van der Waals surface area contributed by atoms with Gasteiger partial charge in [-0.15, -0.1) is 0 Å². The second-order valence-corrected chi connectivity index (χ2v) is 4.71. The normalized spacial score (nSPS) is 16.8. The van der Waals surface area contributed by atoms with E-state index >= 15 is 0 Å². The smallest absolute Gasteiger partial charge is 0.345 e. The number of nitrogens with zero attached hydrogens (tertiary/aromatic N) is 2. The van der Waals surface area contributed by atoms with Crippen molar-refractivity contribution in [3.05, 3.63) is 33.9 Å². The molecular formula is C13H14F2N2O4. The third-order valence-electron chi connectivity index (χ3n) is 3.21. The molecule has 2 rings (SSSR count). The number of benzene rings is 1. The standard InChI is InChI=1S/C13H14F2N2O4/c1-2-21-12(18)10-4-3-9(7-11(10)17(19)20)16-6-5-13(14,15)8-16/h3-4,7H,2,5-6,8H2,1H3. The second kappa shape index (κ2) is 5.63. The first-order valence-corrected chi connectivity index (χ1v) is 6.42. The van der Waals surface area contributed by atoms with Gasteiger partial charge in [-0.3, -0.25) is 10.1 Å². The lowest BCUT2D eigenvalue weighted by atomic mass is 10.1. The molecule has 1 aliphatic rings. The van der Waals surface area contributed by atoms with Crippen LogP contribution in [0.25, 0.3) is 0 Å². The predicted octanol–water partition coefficient (Wildman–Crippen LogP) is 2.62. The maximum Gasteiger partial charge on any atom is 0.345 e. The van der Waals surface area contributed by atoms with Gasteiger partial charge in [-0.1, -0.05) is 0 Å². The van der Waals surface area contributed by atoms with Crippen LogP contribution in [-0.2, 0) is 4.74 Å². The van der Waals surface area contributed by atoms with Gasteiger partial charge in [-0.25, -0.2) is 13.6 Å². The van der Waals surface area contributed by atoms with Crippen molar-refractivity contribution >= 4 is 17.3 Å². The zero-order chi connectivity index (χ0) is 15.6. The van der Waals surface area contributed by atoms with E-state index in [9.17, 15) is 23.7 Å². The number of halogens is 2. The first kappa shape index (κ1) is 15.1. The molecule has 0 bridgehead atoms. The van der Waals surface area contributed by atoms with Gasteiger partial charge in [0, 0.05) is 24.7 Å². The molecule has 8 heteroatoms. The highest BCUT2D eigenvalue weighted by Gasteiger charge is 2.38. The van der Waals surface area contributed by atoms with Gasteiger partial charge in [0.2, 0.25) is 0 Å². The molecule has 1 fully saturated rings. The molecule has 0 radical (unpaired) electrons. The number of nitro groups is 1. The Hall–Kier alpha value is -2.25. The number of carbonyl (C=O) groups is 1. The molecule has 114 valence electrons. The van der Waals surface area contributed by atoms with Crippen LogP contribution >= 0.6 is 0 Å². The summed E-state index contributed by atoms with van der Waals surface area (Å²) in [6, 6.07) is 3.79. The molecule has 0 saturated carbocycles. The summed E-state index contributed by atoms with van der Waals surface area (Å²) in [5, 5.41) is 11.1. The summed E-state index contributed by atoms with van der Waals surface area (Å²) in [6.45, 7) is 1.31. The zero-order valence-corrected chi connectivity index (χ0v) is 11.3. The van der Waals surface area contributed by atoms with E-state index in [1.807, 2.05) is 0 Å². The van der Waals surface area contributed by atoms with Gasteiger partial charge in [0.15, 0.2) is 0 Å². The van der Waals surface area contributed by atoms with Crippen LogP contribution < -0.4 is 4.90 Å². The Kier molecular flexibility index (Phi) is 4.06. The Morgan fingerprint density at radius 1 is 1.52 bits per heavy atom. The Morgan fingerprint density at radius 3 is 2.76 bits per heavy atom. The maximum absolute atomic E-state index is 13.2. The van der Waals surface area contributed by atoms with Gasteiger partial charge in [0.25, 0.3) is 11.6 Å². The van der Waals surface area contributed by atoms with Crippen molar-refractivity contribution in [1.29, 1.82) is 0 Å². The highest BCUT2D eigenvalue weighted by atomic mass is 19.3. The van der Waals surface area contributed by atoms with Gasteiger partial charge in [0.05, 0.1) is 18.1 Å². The lowest BCUT2D eigenvalue weighted by molar-refractivity contribution is -0.385. The van der Waals surface area contributed by atoms with E-state index in [4.69, 9.17) is 4.74 Å². The molecular weight excluding hydrogens is 286 g/mol. The Bertz CT molecular complexity index is 577. The summed E-state index contributed by atoms with van der Waals surface area (Å²) >= 11 is 0. The van der Waals surface area contributed by atoms with E-state index in [-0.39, 0.29) is 25.1 Å². The van der Waals surface area contributed by atoms with Gasteiger partial charge < -0.3 is 9.64 Å². The van der Waals surface area contributed by atoms with Crippen molar-refractivity contribution < 1.29 is 23.2 Å². The summed E-state index contributed by atoms with van der Waals surface area (Å²) in [5.74, 6) is -3.60. The van der Waals surface area contributed by atoms with E-state index < -0.39 is 29.0 Å². The van der Waals surface area contributed by atoms with Gasteiger partial charge in [-0.2, -0.15) is 0 Å². The molecule has 0 aliphatic carbocycles. The third kappa shape index (κ3) is 3.26. The number of alkyl halides is 2. The minimum atomic E-state index is -2.80. The Morgan fingerprint density at radius 2 is 2.24 bits per heavy atom. The average molecular weight is 300 g/mol. The predicted molar refractivity (Wildman–Crippen MR) is 70.8 cm³/mol. The van der Waals surface area contributed by atoms with E-state index in [1.165, 1.54) is 17.0 Å². The molecule has 6 nitrogen and oxygen atoms in total. The van der Waals surface area contributed by atoms with Crippen molar-refractivity contribution in [2.45, 2.75) is 19.3 Å². The molecule has 1 aromatic carbocycles. The van der Waals surface area contributed by atoms with E-state index in [0.29, 0.717) is 5.69 Å². The number of esters is 1.